The van der Waals surface area contributed by atoms with Crippen molar-refractivity contribution in [1.82, 2.24) is 10.1 Å². The summed E-state index contributed by atoms with van der Waals surface area (Å²) in [6.45, 7) is 1.78. The van der Waals surface area contributed by atoms with Crippen LogP contribution >= 0.6 is 0 Å². The number of nitrogens with zero attached hydrogens (tertiary/aromatic N) is 2. The third-order valence-electron chi connectivity index (χ3n) is 4.95. The van der Waals surface area contributed by atoms with Crippen LogP contribution in [0.4, 0.5) is 5.69 Å². The van der Waals surface area contributed by atoms with E-state index in [4.69, 9.17) is 18.7 Å². The molecule has 0 aliphatic rings. The maximum atomic E-state index is 12.3. The molecule has 0 fully saturated rings. The number of rotatable bonds is 8. The minimum absolute atomic E-state index is 0.118. The van der Waals surface area contributed by atoms with Gasteiger partial charge in [0.1, 0.15) is 17.2 Å². The molecule has 4 aromatic rings. The molecular weight excluding hydrogens is 422 g/mol. The molecule has 0 aliphatic carbocycles. The summed E-state index contributed by atoms with van der Waals surface area (Å²) >= 11 is 0. The van der Waals surface area contributed by atoms with Gasteiger partial charge in [-0.05, 0) is 79.2 Å². The molecule has 0 aliphatic heterocycles. The third kappa shape index (κ3) is 5.30. The van der Waals surface area contributed by atoms with Crippen molar-refractivity contribution in [1.29, 1.82) is 0 Å². The molecular formula is C25H23N3O5. The van der Waals surface area contributed by atoms with Crippen LogP contribution in [0.15, 0.2) is 71.3 Å². The minimum Gasteiger partial charge on any atom is -0.497 e. The van der Waals surface area contributed by atoms with E-state index in [0.717, 1.165) is 28.2 Å². The maximum Gasteiger partial charge on any atom is 0.262 e. The Morgan fingerprint density at radius 1 is 0.879 bits per heavy atom. The van der Waals surface area contributed by atoms with Crippen molar-refractivity contribution in [3.05, 3.63) is 72.3 Å². The zero-order valence-corrected chi connectivity index (χ0v) is 18.5. The predicted molar refractivity (Wildman–Crippen MR) is 124 cm³/mol. The molecule has 0 saturated carbocycles. The van der Waals surface area contributed by atoms with Crippen LogP contribution in [0.2, 0.25) is 0 Å². The molecule has 1 amide bonds. The number of aromatic nitrogens is 2. The second-order valence-corrected chi connectivity index (χ2v) is 7.19. The van der Waals surface area contributed by atoms with Gasteiger partial charge in [-0.2, -0.15) is 4.98 Å². The standard InChI is InChI=1S/C25H23N3O5/c1-16-14-21(31-3)12-13-22(16)26-23(29)15-32-20-10-6-18(7-11-20)25-27-24(28-33-25)17-4-8-19(30-2)9-5-17/h4-14H,15H2,1-3H3,(H,26,29). The highest BCUT2D eigenvalue weighted by molar-refractivity contribution is 5.92. The van der Waals surface area contributed by atoms with E-state index in [2.05, 4.69) is 15.5 Å². The van der Waals surface area contributed by atoms with Crippen molar-refractivity contribution in [3.8, 4) is 40.1 Å². The average molecular weight is 445 g/mol. The Labute approximate surface area is 191 Å². The summed E-state index contributed by atoms with van der Waals surface area (Å²) in [6.07, 6.45) is 0. The Morgan fingerprint density at radius 2 is 1.52 bits per heavy atom. The lowest BCUT2D eigenvalue weighted by molar-refractivity contribution is -0.118. The Bertz CT molecular complexity index is 1230. The highest BCUT2D eigenvalue weighted by Crippen LogP contribution is 2.25. The normalized spacial score (nSPS) is 10.5. The zero-order chi connectivity index (χ0) is 23.2. The van der Waals surface area contributed by atoms with Crippen LogP contribution in [-0.2, 0) is 4.79 Å². The fourth-order valence-corrected chi connectivity index (χ4v) is 3.13. The van der Waals surface area contributed by atoms with Crippen LogP contribution in [0, 0.1) is 6.92 Å². The van der Waals surface area contributed by atoms with E-state index in [1.165, 1.54) is 0 Å². The summed E-state index contributed by atoms with van der Waals surface area (Å²) in [5, 5.41) is 6.87. The molecule has 1 heterocycles. The highest BCUT2D eigenvalue weighted by atomic mass is 16.5. The number of aryl methyl sites for hydroxylation is 1. The van der Waals surface area contributed by atoms with Gasteiger partial charge in [0, 0.05) is 16.8 Å². The van der Waals surface area contributed by atoms with Gasteiger partial charge in [-0.1, -0.05) is 5.16 Å². The minimum atomic E-state index is -0.256. The smallest absolute Gasteiger partial charge is 0.262 e. The van der Waals surface area contributed by atoms with E-state index in [0.29, 0.717) is 23.2 Å². The molecule has 3 aromatic carbocycles. The van der Waals surface area contributed by atoms with Crippen LogP contribution in [0.3, 0.4) is 0 Å². The van der Waals surface area contributed by atoms with Crippen LogP contribution in [0.1, 0.15) is 5.56 Å². The molecule has 8 nitrogen and oxygen atoms in total. The lowest BCUT2D eigenvalue weighted by Crippen LogP contribution is -2.20. The predicted octanol–water partition coefficient (Wildman–Crippen LogP) is 4.75. The second-order valence-electron chi connectivity index (χ2n) is 7.19. The molecule has 0 saturated heterocycles. The van der Waals surface area contributed by atoms with Crippen molar-refractivity contribution >= 4 is 11.6 Å². The van der Waals surface area contributed by atoms with Crippen molar-refractivity contribution in [2.75, 3.05) is 26.1 Å². The number of ether oxygens (including phenoxy) is 3. The summed E-state index contributed by atoms with van der Waals surface area (Å²) in [5.74, 6) is 2.66. The molecule has 33 heavy (non-hydrogen) atoms. The number of amides is 1. The van der Waals surface area contributed by atoms with E-state index in [1.807, 2.05) is 37.3 Å². The van der Waals surface area contributed by atoms with E-state index in [-0.39, 0.29) is 12.5 Å². The first kappa shape index (κ1) is 21.9. The molecule has 0 bridgehead atoms. The van der Waals surface area contributed by atoms with Crippen molar-refractivity contribution in [3.63, 3.8) is 0 Å². The van der Waals surface area contributed by atoms with E-state index < -0.39 is 0 Å². The molecule has 0 atom stereocenters. The maximum absolute atomic E-state index is 12.3. The number of anilines is 1. The van der Waals surface area contributed by atoms with Crippen molar-refractivity contribution in [2.24, 2.45) is 0 Å². The van der Waals surface area contributed by atoms with Gasteiger partial charge < -0.3 is 24.1 Å². The Hall–Kier alpha value is -4.33. The molecule has 0 radical (unpaired) electrons. The van der Waals surface area contributed by atoms with Gasteiger partial charge in [-0.3, -0.25) is 4.79 Å². The van der Waals surface area contributed by atoms with Gasteiger partial charge in [0.15, 0.2) is 6.61 Å². The summed E-state index contributed by atoms with van der Waals surface area (Å²) in [4.78, 5) is 16.7. The summed E-state index contributed by atoms with van der Waals surface area (Å²) in [6, 6.07) is 19.9. The number of carbonyl (C=O) groups excluding carboxylic acids is 1. The molecule has 4 rings (SSSR count). The number of nitrogens with one attached hydrogen (secondary N) is 1. The van der Waals surface area contributed by atoms with E-state index in [1.54, 1.807) is 50.6 Å². The lowest BCUT2D eigenvalue weighted by atomic mass is 10.2. The summed E-state index contributed by atoms with van der Waals surface area (Å²) in [7, 11) is 3.22. The van der Waals surface area contributed by atoms with Gasteiger partial charge in [0.05, 0.1) is 14.2 Å². The number of hydrogen-bond acceptors (Lipinski definition) is 7. The molecule has 8 heteroatoms. The average Bonchev–Trinajstić information content (AvgIpc) is 3.35. The molecule has 1 aromatic heterocycles. The largest absolute Gasteiger partial charge is 0.497 e. The third-order valence-corrected chi connectivity index (χ3v) is 4.95. The lowest BCUT2D eigenvalue weighted by Gasteiger charge is -2.11. The first-order valence-electron chi connectivity index (χ1n) is 10.2. The van der Waals surface area contributed by atoms with Gasteiger partial charge in [-0.25, -0.2) is 0 Å². The van der Waals surface area contributed by atoms with Gasteiger partial charge in [0.25, 0.3) is 11.8 Å². The van der Waals surface area contributed by atoms with Gasteiger partial charge >= 0.3 is 0 Å². The monoisotopic (exact) mass is 445 g/mol. The Morgan fingerprint density at radius 3 is 2.18 bits per heavy atom. The van der Waals surface area contributed by atoms with Crippen LogP contribution in [0.5, 0.6) is 17.2 Å². The van der Waals surface area contributed by atoms with Gasteiger partial charge in [0.2, 0.25) is 5.82 Å². The Kier molecular flexibility index (Phi) is 6.54. The highest BCUT2D eigenvalue weighted by Gasteiger charge is 2.12. The van der Waals surface area contributed by atoms with Crippen molar-refractivity contribution in [2.45, 2.75) is 6.92 Å². The van der Waals surface area contributed by atoms with Crippen LogP contribution < -0.4 is 19.5 Å². The molecule has 168 valence electrons. The molecule has 1 N–H and O–H groups in total. The SMILES string of the molecule is COc1ccc(-c2noc(-c3ccc(OCC(=O)Nc4ccc(OC)cc4C)cc3)n2)cc1. The first-order valence-corrected chi connectivity index (χ1v) is 10.2. The molecule has 0 unspecified atom stereocenters. The number of carbonyl (C=O) groups is 1. The Balaban J connectivity index is 1.35. The fourth-order valence-electron chi connectivity index (χ4n) is 3.13. The van der Waals surface area contributed by atoms with E-state index in [9.17, 15) is 4.79 Å². The van der Waals surface area contributed by atoms with E-state index >= 15 is 0 Å². The topological polar surface area (TPSA) is 95.7 Å². The second kappa shape index (κ2) is 9.86. The van der Waals surface area contributed by atoms with Crippen molar-refractivity contribution < 1.29 is 23.5 Å². The zero-order valence-electron chi connectivity index (χ0n) is 18.5. The summed E-state index contributed by atoms with van der Waals surface area (Å²) in [5.41, 5.74) is 3.18. The number of benzene rings is 3. The first-order chi connectivity index (χ1) is 16.1. The fraction of sp³-hybridized carbons (Fsp3) is 0.160. The number of methoxy groups -OCH3 is 2. The van der Waals surface area contributed by atoms with Crippen LogP contribution in [-0.4, -0.2) is 36.9 Å². The number of hydrogen-bond donors (Lipinski definition) is 1. The summed E-state index contributed by atoms with van der Waals surface area (Å²) < 4.78 is 21.3. The van der Waals surface area contributed by atoms with Crippen LogP contribution in [0.25, 0.3) is 22.8 Å². The van der Waals surface area contributed by atoms with Gasteiger partial charge in [-0.15, -0.1) is 0 Å². The quantitative estimate of drug-likeness (QED) is 0.418. The molecule has 0 spiro atoms.